The van der Waals surface area contributed by atoms with Gasteiger partial charge < -0.3 is 64.8 Å². The molecule has 3 aliphatic heterocycles. The van der Waals surface area contributed by atoms with Gasteiger partial charge in [0.15, 0.2) is 0 Å². The van der Waals surface area contributed by atoms with Gasteiger partial charge >= 0.3 is 12.4 Å². The number of carbonyl (C=O) groups excluding carboxylic acids is 12. The first-order valence-electron chi connectivity index (χ1n) is 38.5. The summed E-state index contributed by atoms with van der Waals surface area (Å²) in [6, 6.07) is -10.9. The second-order valence-electron chi connectivity index (χ2n) is 32.1. The van der Waals surface area contributed by atoms with Crippen LogP contribution in [-0.2, 0) is 62.3 Å². The summed E-state index contributed by atoms with van der Waals surface area (Å²) in [4.78, 5) is 192. The number of nitrogens with one attached hydrogen (secondary N) is 3. The molecule has 0 aromatic carbocycles. The van der Waals surface area contributed by atoms with Crippen molar-refractivity contribution in [2.24, 2.45) is 41.4 Å². The first kappa shape index (κ1) is 87.4. The van der Waals surface area contributed by atoms with Crippen LogP contribution in [0.1, 0.15) is 182 Å². The third kappa shape index (κ3) is 22.0. The van der Waals surface area contributed by atoms with E-state index < -0.39 is 204 Å². The topological polar surface area (TPSA) is 279 Å². The molecule has 1 spiro atoms. The van der Waals surface area contributed by atoms with Crippen LogP contribution in [0, 0.1) is 41.4 Å². The van der Waals surface area contributed by atoms with Crippen LogP contribution in [0.5, 0.6) is 0 Å². The third-order valence-electron chi connectivity index (χ3n) is 23.9. The number of amides is 12. The van der Waals surface area contributed by atoms with Gasteiger partial charge in [0.05, 0.1) is 44.6 Å². The molecule has 12 amide bonds. The molecule has 25 nitrogen and oxygen atoms in total. The lowest BCUT2D eigenvalue weighted by molar-refractivity contribution is -0.184. The fraction of sp³-hybridized carbons (Fsp3) is 0.813. The average molecular weight is 1540 g/mol. The van der Waals surface area contributed by atoms with Gasteiger partial charge in [-0.15, -0.1) is 11.6 Å². The van der Waals surface area contributed by atoms with Crippen LogP contribution in [-0.4, -0.2) is 282 Å². The molecule has 3 unspecified atom stereocenters. The Labute approximate surface area is 631 Å². The Bertz CT molecular complexity index is 3180. The summed E-state index contributed by atoms with van der Waals surface area (Å²) in [6.45, 7) is 5.12. The predicted octanol–water partition coefficient (Wildman–Crippen LogP) is 6.67. The van der Waals surface area contributed by atoms with Crippen molar-refractivity contribution in [1.82, 2.24) is 60.0 Å². The minimum absolute atomic E-state index is 0.00447. The summed E-state index contributed by atoms with van der Waals surface area (Å²) in [5, 5.41) is 7.40. The number of alkyl halides is 7. The van der Waals surface area contributed by atoms with E-state index in [4.69, 9.17) is 16.3 Å². The van der Waals surface area contributed by atoms with Crippen molar-refractivity contribution in [2.45, 2.75) is 253 Å². The number of hydrogen-bond donors (Lipinski definition) is 3. The molecule has 7 aliphatic rings. The fourth-order valence-corrected chi connectivity index (χ4v) is 17.5. The molecule has 604 valence electrons. The molecule has 0 radical (unpaired) electrons. The molecule has 4 saturated carbocycles. The first-order valence-corrected chi connectivity index (χ1v) is 39.0. The molecule has 7 rings (SSSR count). The highest BCUT2D eigenvalue weighted by atomic mass is 35.5. The quantitative estimate of drug-likeness (QED) is 0.111. The Morgan fingerprint density at radius 3 is 1.88 bits per heavy atom. The summed E-state index contributed by atoms with van der Waals surface area (Å²) in [7, 11) is 11.1. The summed E-state index contributed by atoms with van der Waals surface area (Å²) in [5.74, 6) is -14.5. The van der Waals surface area contributed by atoms with Crippen molar-refractivity contribution >= 4 is 82.5 Å². The molecule has 6 fully saturated rings. The standard InChI is InChI=1S/C75H117ClF6N12O13/c1-13-46(4)62-70(104)88(8)43-61(97)90(10)58-44-107-37-20-14-19-35-94(69(58)103)57(40-48-25-29-50(30-26-48)74(77,78)79)68(102)87(7)42-59(95)83-53(32-28-47-27-31-51(52(76)39-47)75(80,81)82)66(100)93-36-21-24-54(93)65(99)85-73(33-17-18-34-73)72(106)92(12)63(49-22-15-16-23-49)71(105)91(11)56(67(101)86(5)6)41-60(96)89(9)55(38-45(2)3)64(98)84-62/h14,19,45-58,62-63H,13,15-18,20-44H2,1-12H3,(H,83,95)(H,84,98)(H,85,99)/b19-14-/t46-,47?,48?,50?,51?,52?,53-,54-,55-,56-,57-,58-,62-,63-/m0/s1. The van der Waals surface area contributed by atoms with Gasteiger partial charge in [0.1, 0.15) is 53.9 Å². The highest BCUT2D eigenvalue weighted by Gasteiger charge is 2.53. The SMILES string of the molecule is CC[C@H](C)[C@@H]1NC(=O)[C@H](CC(C)C)N(C)C(=O)C[C@@H](C(=O)N(C)C)N(C)C(=O)[C@H](C2CCCC2)N(C)C(=O)C2(CCCC2)NC(=O)[C@@H]2CCCN2C(=O)[C@H](CCC2CCC(C(F)(F)F)C(Cl)C2)NC(=O)CN(C)C(=O)[C@H](CC2CCC(C(F)(F)F)CC2)N2C/C=C\CCOC[C@@H](C2=O)N(C)C(=O)CN(C)C1=O. The molecule has 2 saturated heterocycles. The van der Waals surface area contributed by atoms with Crippen molar-refractivity contribution in [1.29, 1.82) is 0 Å². The zero-order valence-corrected chi connectivity index (χ0v) is 65.3. The van der Waals surface area contributed by atoms with Crippen LogP contribution in [0.25, 0.3) is 0 Å². The molecule has 32 heteroatoms. The number of hydrogen-bond acceptors (Lipinski definition) is 13. The number of nitrogens with zero attached hydrogens (tertiary/aromatic N) is 9. The van der Waals surface area contributed by atoms with E-state index in [1.807, 2.05) is 13.8 Å². The maximum atomic E-state index is 15.6. The number of fused-ring (bicyclic) bond motifs is 3. The zero-order chi connectivity index (χ0) is 79.3. The van der Waals surface area contributed by atoms with Crippen molar-refractivity contribution in [2.75, 3.05) is 95.8 Å². The van der Waals surface area contributed by atoms with E-state index in [0.29, 0.717) is 51.4 Å². The van der Waals surface area contributed by atoms with Crippen molar-refractivity contribution in [3.05, 3.63) is 12.2 Å². The lowest BCUT2D eigenvalue weighted by Crippen LogP contribution is -2.65. The number of rotatable bonds is 11. The maximum Gasteiger partial charge on any atom is 0.393 e. The van der Waals surface area contributed by atoms with Gasteiger partial charge in [-0.1, -0.05) is 72.0 Å². The van der Waals surface area contributed by atoms with Crippen LogP contribution in [0.2, 0.25) is 0 Å². The van der Waals surface area contributed by atoms with Gasteiger partial charge in [-0.2, -0.15) is 26.3 Å². The van der Waals surface area contributed by atoms with Crippen molar-refractivity contribution in [3.63, 3.8) is 0 Å². The number of halogens is 7. The first-order chi connectivity index (χ1) is 50.2. The second kappa shape index (κ2) is 38.2. The molecule has 12 atom stereocenters. The highest BCUT2D eigenvalue weighted by molar-refractivity contribution is 6.21. The van der Waals surface area contributed by atoms with Gasteiger partial charge in [-0.05, 0) is 145 Å². The number of carbonyl (C=O) groups is 12. The van der Waals surface area contributed by atoms with Gasteiger partial charge in [0, 0.05) is 74.8 Å². The van der Waals surface area contributed by atoms with Crippen molar-refractivity contribution in [3.8, 4) is 0 Å². The monoisotopic (exact) mass is 1540 g/mol. The van der Waals surface area contributed by atoms with E-state index in [1.165, 1.54) is 80.9 Å². The molecule has 0 aromatic rings. The molecule has 4 aliphatic carbocycles. The maximum absolute atomic E-state index is 15.6. The summed E-state index contributed by atoms with van der Waals surface area (Å²) in [5.41, 5.74) is -1.61. The third-order valence-corrected chi connectivity index (χ3v) is 24.4. The Morgan fingerprint density at radius 1 is 0.645 bits per heavy atom. The summed E-state index contributed by atoms with van der Waals surface area (Å²) < 4.78 is 90.8. The van der Waals surface area contributed by atoms with Crippen LogP contribution < -0.4 is 16.0 Å². The minimum Gasteiger partial charge on any atom is -0.378 e. The smallest absolute Gasteiger partial charge is 0.378 e. The van der Waals surface area contributed by atoms with E-state index in [-0.39, 0.29) is 122 Å². The molecule has 0 aromatic heterocycles. The van der Waals surface area contributed by atoms with Crippen LogP contribution in [0.15, 0.2) is 12.2 Å². The van der Waals surface area contributed by atoms with Crippen LogP contribution in [0.4, 0.5) is 26.3 Å². The Kier molecular flexibility index (Phi) is 31.2. The lowest BCUT2D eigenvalue weighted by Gasteiger charge is -2.42. The van der Waals surface area contributed by atoms with E-state index in [1.54, 1.807) is 26.0 Å². The predicted molar refractivity (Wildman–Crippen MR) is 386 cm³/mol. The lowest BCUT2D eigenvalue weighted by atomic mass is 9.78. The molecule has 3 heterocycles. The highest BCUT2D eigenvalue weighted by Crippen LogP contribution is 2.45. The summed E-state index contributed by atoms with van der Waals surface area (Å²) >= 11 is 6.41. The van der Waals surface area contributed by atoms with Crippen LogP contribution >= 0.6 is 11.6 Å². The van der Waals surface area contributed by atoms with E-state index in [0.717, 1.165) is 19.6 Å². The van der Waals surface area contributed by atoms with Gasteiger partial charge in [0.2, 0.25) is 70.9 Å². The molecule has 3 N–H and O–H groups in total. The normalized spacial score (nSPS) is 31.1. The van der Waals surface area contributed by atoms with E-state index >= 15 is 28.8 Å². The van der Waals surface area contributed by atoms with Gasteiger partial charge in [-0.3, -0.25) is 57.5 Å². The molecule has 2 bridgehead atoms. The van der Waals surface area contributed by atoms with E-state index in [9.17, 15) is 55.1 Å². The zero-order valence-electron chi connectivity index (χ0n) is 64.6. The largest absolute Gasteiger partial charge is 0.393 e. The Morgan fingerprint density at radius 2 is 1.28 bits per heavy atom. The molecular formula is C75H117ClF6N12O13. The Hall–Kier alpha value is -6.79. The van der Waals surface area contributed by atoms with Crippen LogP contribution in [0.3, 0.4) is 0 Å². The van der Waals surface area contributed by atoms with Crippen molar-refractivity contribution < 1.29 is 88.6 Å². The molecule has 107 heavy (non-hydrogen) atoms. The summed E-state index contributed by atoms with van der Waals surface area (Å²) in [6.07, 6.45) is -2.58. The molecular weight excluding hydrogens is 1430 g/mol. The number of likely N-dealkylation sites (N-methyl/N-ethyl adjacent to an activating group) is 7. The second-order valence-corrected chi connectivity index (χ2v) is 32.6. The Balaban J connectivity index is 1.32. The fourth-order valence-electron chi connectivity index (χ4n) is 17.0. The van der Waals surface area contributed by atoms with Gasteiger partial charge in [0.25, 0.3) is 0 Å². The van der Waals surface area contributed by atoms with Gasteiger partial charge in [-0.25, -0.2) is 0 Å². The minimum atomic E-state index is -4.56. The number of ether oxygens (including phenoxy) is 1. The van der Waals surface area contributed by atoms with E-state index in [2.05, 4.69) is 16.0 Å². The average Bonchev–Trinajstić information content (AvgIpc) is 1.51.